The van der Waals surface area contributed by atoms with Crippen molar-refractivity contribution in [3.8, 4) is 0 Å². The summed E-state index contributed by atoms with van der Waals surface area (Å²) in [7, 11) is 1.71. The number of nitrogens with one attached hydrogen (secondary N) is 1. The number of anilines is 1. The normalized spacial score (nSPS) is 17.6. The summed E-state index contributed by atoms with van der Waals surface area (Å²) >= 11 is 0. The van der Waals surface area contributed by atoms with E-state index in [0.29, 0.717) is 5.69 Å². The number of carbonyl (C=O) groups is 2. The van der Waals surface area contributed by atoms with Crippen LogP contribution in [0.2, 0.25) is 0 Å². The minimum Gasteiger partial charge on any atom is -0.338 e. The molecule has 4 nitrogen and oxygen atoms in total. The Bertz CT molecular complexity index is 773. The fourth-order valence-corrected chi connectivity index (χ4v) is 3.03. The van der Waals surface area contributed by atoms with Gasteiger partial charge in [-0.2, -0.15) is 0 Å². The average Bonchev–Trinajstić information content (AvgIpc) is 2.59. The lowest BCUT2D eigenvalue weighted by Crippen LogP contribution is -2.37. The Kier molecular flexibility index (Phi) is 4.34. The number of rotatable bonds is 3. The highest BCUT2D eigenvalue weighted by Gasteiger charge is 2.33. The van der Waals surface area contributed by atoms with Crippen LogP contribution >= 0.6 is 0 Å². The second kappa shape index (κ2) is 6.43. The predicted molar refractivity (Wildman–Crippen MR) is 90.0 cm³/mol. The molecule has 2 amide bonds. The highest BCUT2D eigenvalue weighted by molar-refractivity contribution is 6.01. The minimum atomic E-state index is -0.497. The Morgan fingerprint density at radius 3 is 2.58 bits per heavy atom. The van der Waals surface area contributed by atoms with E-state index in [1.807, 2.05) is 25.1 Å². The van der Waals surface area contributed by atoms with E-state index in [4.69, 9.17) is 0 Å². The summed E-state index contributed by atoms with van der Waals surface area (Å²) < 4.78 is 13.1. The molecule has 0 bridgehead atoms. The lowest BCUT2D eigenvalue weighted by atomic mass is 9.89. The molecule has 1 aliphatic rings. The zero-order valence-corrected chi connectivity index (χ0v) is 13.6. The van der Waals surface area contributed by atoms with Crippen molar-refractivity contribution < 1.29 is 14.0 Å². The molecule has 1 N–H and O–H groups in total. The number of hydrogen-bond acceptors (Lipinski definition) is 2. The summed E-state index contributed by atoms with van der Waals surface area (Å²) in [5, 5.41) is 2.80. The fourth-order valence-electron chi connectivity index (χ4n) is 3.03. The minimum absolute atomic E-state index is 0.117. The number of hydrogen-bond donors (Lipinski definition) is 1. The third-order valence-corrected chi connectivity index (χ3v) is 4.58. The van der Waals surface area contributed by atoms with E-state index in [-0.39, 0.29) is 30.1 Å². The Hall–Kier alpha value is -2.69. The third-order valence-electron chi connectivity index (χ3n) is 4.58. The molecule has 2 aromatic rings. The maximum atomic E-state index is 13.1. The van der Waals surface area contributed by atoms with Gasteiger partial charge in [0.2, 0.25) is 11.8 Å². The Morgan fingerprint density at radius 1 is 1.21 bits per heavy atom. The van der Waals surface area contributed by atoms with Crippen molar-refractivity contribution in [1.82, 2.24) is 4.90 Å². The standard InChI is InChI=1S/C19H19FN2O2/c1-12(13-7-9-14(20)10-8-13)22(2)19(24)16-11-18(23)21-17-6-4-3-5-15(16)17/h3-10,12,16H,11H2,1-2H3,(H,21,23). The van der Waals surface area contributed by atoms with Crippen LogP contribution in [-0.2, 0) is 9.59 Å². The van der Waals surface area contributed by atoms with Gasteiger partial charge in [-0.05, 0) is 36.2 Å². The van der Waals surface area contributed by atoms with Crippen molar-refractivity contribution in [1.29, 1.82) is 0 Å². The average molecular weight is 326 g/mol. The molecule has 24 heavy (non-hydrogen) atoms. The fraction of sp³-hybridized carbons (Fsp3) is 0.263. The van der Waals surface area contributed by atoms with Crippen LogP contribution in [0.5, 0.6) is 0 Å². The predicted octanol–water partition coefficient (Wildman–Crippen LogP) is 3.47. The molecule has 2 unspecified atom stereocenters. The van der Waals surface area contributed by atoms with Crippen molar-refractivity contribution in [2.75, 3.05) is 12.4 Å². The van der Waals surface area contributed by atoms with Gasteiger partial charge < -0.3 is 10.2 Å². The van der Waals surface area contributed by atoms with Crippen molar-refractivity contribution >= 4 is 17.5 Å². The van der Waals surface area contributed by atoms with Gasteiger partial charge in [-0.15, -0.1) is 0 Å². The molecule has 0 aliphatic carbocycles. The number of amides is 2. The summed E-state index contributed by atoms with van der Waals surface area (Å²) in [5.41, 5.74) is 2.37. The molecule has 1 heterocycles. The summed E-state index contributed by atoms with van der Waals surface area (Å²) in [6.07, 6.45) is 0.135. The zero-order chi connectivity index (χ0) is 17.3. The van der Waals surface area contributed by atoms with E-state index in [9.17, 15) is 14.0 Å². The molecule has 2 aromatic carbocycles. The quantitative estimate of drug-likeness (QED) is 0.939. The first-order chi connectivity index (χ1) is 11.5. The van der Waals surface area contributed by atoms with Crippen molar-refractivity contribution in [2.24, 2.45) is 0 Å². The van der Waals surface area contributed by atoms with Crippen molar-refractivity contribution in [3.63, 3.8) is 0 Å². The van der Waals surface area contributed by atoms with Crippen LogP contribution < -0.4 is 5.32 Å². The topological polar surface area (TPSA) is 49.4 Å². The van der Waals surface area contributed by atoms with Crippen molar-refractivity contribution in [2.45, 2.75) is 25.3 Å². The molecule has 3 rings (SSSR count). The van der Waals surface area contributed by atoms with Crippen LogP contribution in [0.3, 0.4) is 0 Å². The largest absolute Gasteiger partial charge is 0.338 e. The van der Waals surface area contributed by atoms with Gasteiger partial charge in [-0.3, -0.25) is 9.59 Å². The van der Waals surface area contributed by atoms with Crippen LogP contribution in [0.1, 0.15) is 36.4 Å². The monoisotopic (exact) mass is 326 g/mol. The highest BCUT2D eigenvalue weighted by Crippen LogP contribution is 2.34. The number of fused-ring (bicyclic) bond motifs is 1. The zero-order valence-electron chi connectivity index (χ0n) is 13.6. The van der Waals surface area contributed by atoms with Crippen LogP contribution in [0.25, 0.3) is 0 Å². The maximum Gasteiger partial charge on any atom is 0.230 e. The molecule has 0 spiro atoms. The van der Waals surface area contributed by atoms with E-state index in [1.165, 1.54) is 12.1 Å². The van der Waals surface area contributed by atoms with E-state index in [2.05, 4.69) is 5.32 Å². The molecule has 2 atom stereocenters. The van der Waals surface area contributed by atoms with Gasteiger partial charge in [-0.25, -0.2) is 4.39 Å². The molecule has 124 valence electrons. The van der Waals surface area contributed by atoms with Crippen LogP contribution in [0, 0.1) is 5.82 Å². The van der Waals surface area contributed by atoms with E-state index < -0.39 is 5.92 Å². The smallest absolute Gasteiger partial charge is 0.230 e. The summed E-state index contributed by atoms with van der Waals surface area (Å²) in [5.74, 6) is -1.08. The van der Waals surface area contributed by atoms with Gasteiger partial charge in [0, 0.05) is 19.2 Å². The van der Waals surface area contributed by atoms with Gasteiger partial charge in [0.25, 0.3) is 0 Å². The Morgan fingerprint density at radius 2 is 1.88 bits per heavy atom. The molecule has 0 radical (unpaired) electrons. The van der Waals surface area contributed by atoms with Crippen LogP contribution in [0.15, 0.2) is 48.5 Å². The molecular formula is C19H19FN2O2. The first-order valence-electron chi connectivity index (χ1n) is 7.88. The first-order valence-corrected chi connectivity index (χ1v) is 7.88. The number of likely N-dealkylation sites (N-methyl/N-ethyl adjacent to an activating group) is 1. The number of benzene rings is 2. The lowest BCUT2D eigenvalue weighted by molar-refractivity contribution is -0.135. The molecule has 0 saturated carbocycles. The number of halogens is 1. The first kappa shape index (κ1) is 16.2. The van der Waals surface area contributed by atoms with E-state index in [1.54, 1.807) is 30.1 Å². The van der Waals surface area contributed by atoms with Gasteiger partial charge >= 0.3 is 0 Å². The second-order valence-corrected chi connectivity index (χ2v) is 6.07. The molecule has 5 heteroatoms. The molecular weight excluding hydrogens is 307 g/mol. The van der Waals surface area contributed by atoms with Gasteiger partial charge in [0.05, 0.1) is 12.0 Å². The molecule has 1 aliphatic heterocycles. The van der Waals surface area contributed by atoms with Gasteiger partial charge in [0.1, 0.15) is 5.82 Å². The lowest BCUT2D eigenvalue weighted by Gasteiger charge is -2.32. The summed E-state index contributed by atoms with van der Waals surface area (Å²) in [6.45, 7) is 1.89. The maximum absolute atomic E-state index is 13.1. The van der Waals surface area contributed by atoms with Gasteiger partial charge in [0.15, 0.2) is 0 Å². The van der Waals surface area contributed by atoms with E-state index >= 15 is 0 Å². The molecule has 0 aromatic heterocycles. The van der Waals surface area contributed by atoms with Gasteiger partial charge in [-0.1, -0.05) is 30.3 Å². The Balaban J connectivity index is 1.85. The number of carbonyl (C=O) groups excluding carboxylic acids is 2. The second-order valence-electron chi connectivity index (χ2n) is 6.07. The van der Waals surface area contributed by atoms with Crippen LogP contribution in [0.4, 0.5) is 10.1 Å². The number of nitrogens with zero attached hydrogens (tertiary/aromatic N) is 1. The summed E-state index contributed by atoms with van der Waals surface area (Å²) in [4.78, 5) is 26.5. The SMILES string of the molecule is CC(c1ccc(F)cc1)N(C)C(=O)C1CC(=O)Nc2ccccc21. The third kappa shape index (κ3) is 3.02. The van der Waals surface area contributed by atoms with E-state index in [0.717, 1.165) is 11.1 Å². The number of para-hydroxylation sites is 1. The van der Waals surface area contributed by atoms with Crippen LogP contribution in [-0.4, -0.2) is 23.8 Å². The summed E-state index contributed by atoms with van der Waals surface area (Å²) in [6, 6.07) is 13.3. The molecule has 0 fully saturated rings. The molecule has 0 saturated heterocycles. The Labute approximate surface area is 140 Å². The van der Waals surface area contributed by atoms with Crippen molar-refractivity contribution in [3.05, 3.63) is 65.5 Å². The highest BCUT2D eigenvalue weighted by atomic mass is 19.1.